The van der Waals surface area contributed by atoms with E-state index >= 15 is 0 Å². The van der Waals surface area contributed by atoms with Crippen LogP contribution in [0.5, 0.6) is 0 Å². The minimum atomic E-state index is -0.575. The summed E-state index contributed by atoms with van der Waals surface area (Å²) in [6.07, 6.45) is 0.983. The molecule has 0 aromatic heterocycles. The molecule has 0 spiro atoms. The number of benzene rings is 1. The second kappa shape index (κ2) is 6.79. The van der Waals surface area contributed by atoms with Gasteiger partial charge in [0.15, 0.2) is 0 Å². The highest BCUT2D eigenvalue weighted by atomic mass is 35.5. The topological polar surface area (TPSA) is 58.6 Å². The van der Waals surface area contributed by atoms with Crippen LogP contribution in [0.25, 0.3) is 0 Å². The van der Waals surface area contributed by atoms with Crippen molar-refractivity contribution in [3.8, 4) is 0 Å². The van der Waals surface area contributed by atoms with Gasteiger partial charge in [-0.15, -0.1) is 0 Å². The van der Waals surface area contributed by atoms with Crippen LogP contribution < -0.4 is 5.32 Å². The minimum absolute atomic E-state index is 0.199. The van der Waals surface area contributed by atoms with Crippen LogP contribution in [0.3, 0.4) is 0 Å². The number of likely N-dealkylation sites (tertiary alicyclic amines) is 1. The summed E-state index contributed by atoms with van der Waals surface area (Å²) in [6, 6.07) is 4.81. The monoisotopic (exact) mass is 338 g/mol. The maximum absolute atomic E-state index is 12.5. The Morgan fingerprint density at radius 3 is 2.65 bits per heavy atom. The van der Waals surface area contributed by atoms with Crippen molar-refractivity contribution in [3.05, 3.63) is 28.8 Å². The van der Waals surface area contributed by atoms with Gasteiger partial charge in [0, 0.05) is 17.3 Å². The fourth-order valence-corrected chi connectivity index (χ4v) is 2.64. The molecule has 0 saturated carbocycles. The third-order valence-corrected chi connectivity index (χ3v) is 4.03. The number of hydrogen-bond donors (Lipinski definition) is 1. The largest absolute Gasteiger partial charge is 0.444 e. The van der Waals surface area contributed by atoms with Gasteiger partial charge >= 0.3 is 6.09 Å². The molecule has 1 aliphatic heterocycles. The van der Waals surface area contributed by atoms with Gasteiger partial charge in [-0.25, -0.2) is 4.79 Å². The van der Waals surface area contributed by atoms with E-state index in [4.69, 9.17) is 16.3 Å². The number of rotatable bonds is 2. The zero-order valence-corrected chi connectivity index (χ0v) is 14.7. The maximum atomic E-state index is 12.5. The number of nitrogens with zero attached hydrogens (tertiary/aromatic N) is 1. The molecule has 1 saturated heterocycles. The number of halogens is 1. The molecule has 1 fully saturated rings. The van der Waals surface area contributed by atoms with Crippen LogP contribution in [0.2, 0.25) is 5.02 Å². The first-order chi connectivity index (χ1) is 10.7. The Bertz CT molecular complexity index is 610. The van der Waals surface area contributed by atoms with Crippen molar-refractivity contribution in [2.45, 2.75) is 52.2 Å². The lowest BCUT2D eigenvalue weighted by molar-refractivity contribution is -0.120. The van der Waals surface area contributed by atoms with Crippen LogP contribution in [-0.2, 0) is 9.53 Å². The highest BCUT2D eigenvalue weighted by Gasteiger charge is 2.36. The van der Waals surface area contributed by atoms with Crippen molar-refractivity contribution < 1.29 is 14.3 Å². The summed E-state index contributed by atoms with van der Waals surface area (Å²) < 4.78 is 5.38. The Morgan fingerprint density at radius 2 is 2.04 bits per heavy atom. The summed E-state index contributed by atoms with van der Waals surface area (Å²) >= 11 is 5.99. The first-order valence-electron chi connectivity index (χ1n) is 7.74. The van der Waals surface area contributed by atoms with Gasteiger partial charge in [-0.2, -0.15) is 0 Å². The third-order valence-electron chi connectivity index (χ3n) is 3.61. The molecule has 1 aliphatic rings. The Balaban J connectivity index is 2.05. The van der Waals surface area contributed by atoms with Crippen molar-refractivity contribution in [2.24, 2.45) is 0 Å². The number of carbonyl (C=O) groups is 2. The molecular weight excluding hydrogens is 316 g/mol. The molecule has 6 heteroatoms. The fourth-order valence-electron chi connectivity index (χ4n) is 2.53. The second-order valence-electron chi connectivity index (χ2n) is 6.78. The summed E-state index contributed by atoms with van der Waals surface area (Å²) in [6.45, 7) is 7.85. The van der Waals surface area contributed by atoms with Gasteiger partial charge in [0.1, 0.15) is 11.6 Å². The number of amides is 2. The molecule has 0 bridgehead atoms. The van der Waals surface area contributed by atoms with E-state index in [-0.39, 0.29) is 5.91 Å². The van der Waals surface area contributed by atoms with Gasteiger partial charge in [0.05, 0.1) is 0 Å². The molecule has 0 radical (unpaired) electrons. The number of carbonyl (C=O) groups excluding carboxylic acids is 2. The summed E-state index contributed by atoms with van der Waals surface area (Å²) in [5.74, 6) is -0.199. The third kappa shape index (κ3) is 4.61. The highest BCUT2D eigenvalue weighted by Crippen LogP contribution is 2.24. The van der Waals surface area contributed by atoms with Gasteiger partial charge in [-0.3, -0.25) is 9.69 Å². The summed E-state index contributed by atoms with van der Waals surface area (Å²) in [5, 5.41) is 3.50. The molecule has 2 amide bonds. The van der Waals surface area contributed by atoms with Crippen LogP contribution in [0.4, 0.5) is 10.5 Å². The normalized spacial score (nSPS) is 18.0. The van der Waals surface area contributed by atoms with Crippen molar-refractivity contribution in [1.29, 1.82) is 0 Å². The van der Waals surface area contributed by atoms with E-state index in [0.717, 1.165) is 12.0 Å². The van der Waals surface area contributed by atoms with Gasteiger partial charge < -0.3 is 10.1 Å². The van der Waals surface area contributed by atoms with E-state index in [0.29, 0.717) is 23.7 Å². The van der Waals surface area contributed by atoms with Crippen LogP contribution in [0.15, 0.2) is 18.2 Å². The number of aryl methyl sites for hydroxylation is 1. The Labute approximate surface area is 141 Å². The SMILES string of the molecule is Cc1cc(NC(=O)[C@@H]2CCCN2C(=O)OC(C)(C)C)ccc1Cl. The fraction of sp³-hybridized carbons (Fsp3) is 0.529. The molecule has 0 unspecified atom stereocenters. The van der Waals surface area contributed by atoms with Crippen LogP contribution in [0.1, 0.15) is 39.2 Å². The van der Waals surface area contributed by atoms with E-state index in [2.05, 4.69) is 5.32 Å². The summed E-state index contributed by atoms with van der Waals surface area (Å²) in [5.41, 5.74) is 0.987. The molecule has 5 nitrogen and oxygen atoms in total. The standard InChI is InChI=1S/C17H23ClN2O3/c1-11-10-12(7-8-13(11)18)19-15(21)14-6-5-9-20(14)16(22)23-17(2,3)4/h7-8,10,14H,5-6,9H2,1-4H3,(H,19,21)/t14-/m0/s1. The average Bonchev–Trinajstić information content (AvgIpc) is 2.90. The van der Waals surface area contributed by atoms with Crippen LogP contribution in [-0.4, -0.2) is 35.1 Å². The zero-order valence-electron chi connectivity index (χ0n) is 14.0. The van der Waals surface area contributed by atoms with Crippen molar-refractivity contribution in [3.63, 3.8) is 0 Å². The van der Waals surface area contributed by atoms with Crippen molar-refractivity contribution in [2.75, 3.05) is 11.9 Å². The number of ether oxygens (including phenoxy) is 1. The van der Waals surface area contributed by atoms with E-state index in [9.17, 15) is 9.59 Å². The van der Waals surface area contributed by atoms with E-state index in [1.807, 2.05) is 33.8 Å². The lowest BCUT2D eigenvalue weighted by Gasteiger charge is -2.28. The van der Waals surface area contributed by atoms with E-state index in [1.54, 1.807) is 12.1 Å². The minimum Gasteiger partial charge on any atom is -0.444 e. The maximum Gasteiger partial charge on any atom is 0.410 e. The average molecular weight is 339 g/mol. The Hall–Kier alpha value is -1.75. The summed E-state index contributed by atoms with van der Waals surface area (Å²) in [4.78, 5) is 26.2. The van der Waals surface area contributed by atoms with Crippen molar-refractivity contribution >= 4 is 29.3 Å². The number of anilines is 1. The molecule has 1 aromatic carbocycles. The second-order valence-corrected chi connectivity index (χ2v) is 7.19. The molecule has 1 aromatic rings. The Morgan fingerprint density at radius 1 is 1.35 bits per heavy atom. The summed E-state index contributed by atoms with van der Waals surface area (Å²) in [7, 11) is 0. The first-order valence-corrected chi connectivity index (χ1v) is 8.12. The molecule has 0 aliphatic carbocycles. The molecule has 23 heavy (non-hydrogen) atoms. The van der Waals surface area contributed by atoms with E-state index in [1.165, 1.54) is 4.90 Å². The highest BCUT2D eigenvalue weighted by molar-refractivity contribution is 6.31. The molecular formula is C17H23ClN2O3. The number of hydrogen-bond acceptors (Lipinski definition) is 3. The molecule has 1 atom stereocenters. The lowest BCUT2D eigenvalue weighted by atomic mass is 10.2. The number of nitrogens with one attached hydrogen (secondary N) is 1. The van der Waals surface area contributed by atoms with Gasteiger partial charge in [-0.05, 0) is 64.3 Å². The molecule has 1 heterocycles. The Kier molecular flexibility index (Phi) is 5.19. The van der Waals surface area contributed by atoms with Gasteiger partial charge in [-0.1, -0.05) is 11.6 Å². The quantitative estimate of drug-likeness (QED) is 0.887. The molecule has 126 valence electrons. The van der Waals surface area contributed by atoms with Crippen molar-refractivity contribution in [1.82, 2.24) is 4.90 Å². The van der Waals surface area contributed by atoms with Crippen LogP contribution >= 0.6 is 11.6 Å². The van der Waals surface area contributed by atoms with Gasteiger partial charge in [0.25, 0.3) is 0 Å². The van der Waals surface area contributed by atoms with Crippen LogP contribution in [0, 0.1) is 6.92 Å². The predicted molar refractivity (Wildman–Crippen MR) is 90.8 cm³/mol. The zero-order chi connectivity index (χ0) is 17.2. The first kappa shape index (κ1) is 17.6. The molecule has 1 N–H and O–H groups in total. The predicted octanol–water partition coefficient (Wildman–Crippen LogP) is 3.99. The van der Waals surface area contributed by atoms with Gasteiger partial charge in [0.2, 0.25) is 5.91 Å². The lowest BCUT2D eigenvalue weighted by Crippen LogP contribution is -2.45. The smallest absolute Gasteiger partial charge is 0.410 e. The van der Waals surface area contributed by atoms with E-state index < -0.39 is 17.7 Å². The molecule has 2 rings (SSSR count).